The van der Waals surface area contributed by atoms with Gasteiger partial charge in [-0.05, 0) is 111 Å². The standard InChI is InChI=1S/C40H30O6S/c1-27-3-7-29(8-4-27)39(41)31-11-15-33(16-12-31)45-35-19-23-37(24-20-35)47(43,44)38-25-21-36(22-26-38)46-34-17-13-32(14-18-34)40(42)30-9-5-28(2)6-10-30/h3-26H,1-2H3. The monoisotopic (exact) mass is 638 g/mol. The molecular weight excluding hydrogens is 609 g/mol. The SMILES string of the molecule is Cc1ccc(C(=O)c2ccc(Oc3ccc(S(=O)(=O)c4ccc(Oc5ccc(C(=O)c6ccc(C)cc6)cc5)cc4)cc3)cc2)cc1. The summed E-state index contributed by atoms with van der Waals surface area (Å²) < 4.78 is 38.4. The third-order valence-electron chi connectivity index (χ3n) is 7.60. The van der Waals surface area contributed by atoms with Crippen LogP contribution in [0.5, 0.6) is 23.0 Å². The normalized spacial score (nSPS) is 11.1. The third kappa shape index (κ3) is 7.21. The number of benzene rings is 6. The van der Waals surface area contributed by atoms with Crippen LogP contribution in [0.4, 0.5) is 0 Å². The maximum Gasteiger partial charge on any atom is 0.206 e. The molecule has 6 aromatic rings. The van der Waals surface area contributed by atoms with E-state index in [9.17, 15) is 18.0 Å². The predicted molar refractivity (Wildman–Crippen MR) is 181 cm³/mol. The number of carbonyl (C=O) groups is 2. The van der Waals surface area contributed by atoms with E-state index in [0.29, 0.717) is 45.3 Å². The van der Waals surface area contributed by atoms with Crippen molar-refractivity contribution in [1.29, 1.82) is 0 Å². The van der Waals surface area contributed by atoms with Crippen LogP contribution in [0.3, 0.4) is 0 Å². The van der Waals surface area contributed by atoms with Gasteiger partial charge in [0.2, 0.25) is 9.84 Å². The molecular formula is C40H30O6S. The van der Waals surface area contributed by atoms with E-state index in [1.807, 2.05) is 38.1 Å². The second-order valence-corrected chi connectivity index (χ2v) is 13.0. The summed E-state index contributed by atoms with van der Waals surface area (Å²) in [4.78, 5) is 25.7. The van der Waals surface area contributed by atoms with Gasteiger partial charge in [-0.3, -0.25) is 9.59 Å². The highest BCUT2D eigenvalue weighted by Crippen LogP contribution is 2.29. The Morgan fingerprint density at radius 1 is 0.383 bits per heavy atom. The molecule has 0 saturated heterocycles. The van der Waals surface area contributed by atoms with Crippen molar-refractivity contribution in [1.82, 2.24) is 0 Å². The minimum absolute atomic E-state index is 0.0772. The van der Waals surface area contributed by atoms with Crippen molar-refractivity contribution in [2.24, 2.45) is 0 Å². The highest BCUT2D eigenvalue weighted by atomic mass is 32.2. The summed E-state index contributed by atoms with van der Waals surface area (Å²) in [6, 6.07) is 40.7. The molecule has 0 fully saturated rings. The molecule has 232 valence electrons. The number of hydrogen-bond acceptors (Lipinski definition) is 6. The quantitative estimate of drug-likeness (QED) is 0.139. The molecule has 47 heavy (non-hydrogen) atoms. The highest BCUT2D eigenvalue weighted by Gasteiger charge is 2.18. The Labute approximate surface area is 273 Å². The van der Waals surface area contributed by atoms with Gasteiger partial charge in [-0.15, -0.1) is 0 Å². The molecule has 0 saturated carbocycles. The van der Waals surface area contributed by atoms with Crippen molar-refractivity contribution in [3.05, 3.63) is 179 Å². The van der Waals surface area contributed by atoms with E-state index in [2.05, 4.69) is 0 Å². The number of hydrogen-bond donors (Lipinski definition) is 0. The Morgan fingerprint density at radius 3 is 0.894 bits per heavy atom. The molecule has 7 heteroatoms. The minimum atomic E-state index is -3.79. The maximum atomic E-state index is 13.3. The van der Waals surface area contributed by atoms with Gasteiger partial charge in [0.25, 0.3) is 0 Å². The topological polar surface area (TPSA) is 86.7 Å². The number of ketones is 2. The van der Waals surface area contributed by atoms with Gasteiger partial charge in [-0.25, -0.2) is 8.42 Å². The van der Waals surface area contributed by atoms with E-state index >= 15 is 0 Å². The Hall–Kier alpha value is -5.79. The molecule has 0 aliphatic rings. The number of rotatable bonds is 10. The van der Waals surface area contributed by atoms with Crippen LogP contribution in [0.2, 0.25) is 0 Å². The number of aryl methyl sites for hydroxylation is 2. The number of carbonyl (C=O) groups excluding carboxylic acids is 2. The first-order chi connectivity index (χ1) is 22.7. The molecule has 0 aliphatic heterocycles. The van der Waals surface area contributed by atoms with Gasteiger partial charge in [-0.1, -0.05) is 59.7 Å². The Bertz CT molecular complexity index is 1980. The van der Waals surface area contributed by atoms with Crippen LogP contribution >= 0.6 is 0 Å². The molecule has 6 aromatic carbocycles. The lowest BCUT2D eigenvalue weighted by molar-refractivity contribution is 0.103. The van der Waals surface area contributed by atoms with Crippen LogP contribution in [-0.4, -0.2) is 20.0 Å². The third-order valence-corrected chi connectivity index (χ3v) is 9.39. The lowest BCUT2D eigenvalue weighted by Gasteiger charge is -2.10. The summed E-state index contributed by atoms with van der Waals surface area (Å²) in [6.45, 7) is 3.94. The molecule has 6 nitrogen and oxygen atoms in total. The molecule has 0 aromatic heterocycles. The zero-order valence-corrected chi connectivity index (χ0v) is 26.5. The summed E-state index contributed by atoms with van der Waals surface area (Å²) >= 11 is 0. The molecule has 0 spiro atoms. The highest BCUT2D eigenvalue weighted by molar-refractivity contribution is 7.91. The van der Waals surface area contributed by atoms with Crippen LogP contribution in [0, 0.1) is 13.8 Å². The first-order valence-corrected chi connectivity index (χ1v) is 16.4. The van der Waals surface area contributed by atoms with Gasteiger partial charge in [0.1, 0.15) is 23.0 Å². The Balaban J connectivity index is 1.07. The molecule has 0 unspecified atom stereocenters. The Kier molecular flexibility index (Phi) is 8.82. The summed E-state index contributed by atoms with van der Waals surface area (Å²) in [6.07, 6.45) is 0. The van der Waals surface area contributed by atoms with Gasteiger partial charge < -0.3 is 9.47 Å². The largest absolute Gasteiger partial charge is 0.457 e. The van der Waals surface area contributed by atoms with Crippen molar-refractivity contribution in [3.63, 3.8) is 0 Å². The molecule has 0 radical (unpaired) electrons. The molecule has 0 atom stereocenters. The van der Waals surface area contributed by atoms with Gasteiger partial charge in [0.05, 0.1) is 9.79 Å². The lowest BCUT2D eigenvalue weighted by atomic mass is 10.0. The fourth-order valence-electron chi connectivity index (χ4n) is 4.87. The van der Waals surface area contributed by atoms with Gasteiger partial charge in [0, 0.05) is 22.3 Å². The predicted octanol–water partition coefficient (Wildman–Crippen LogP) is 9.18. The first kappa shape index (κ1) is 31.2. The molecule has 0 aliphatic carbocycles. The van der Waals surface area contributed by atoms with Crippen LogP contribution in [0.25, 0.3) is 0 Å². The Morgan fingerprint density at radius 2 is 0.617 bits per heavy atom. The van der Waals surface area contributed by atoms with Crippen molar-refractivity contribution < 1.29 is 27.5 Å². The van der Waals surface area contributed by atoms with E-state index in [0.717, 1.165) is 11.1 Å². The van der Waals surface area contributed by atoms with E-state index < -0.39 is 9.84 Å². The second-order valence-electron chi connectivity index (χ2n) is 11.1. The average molecular weight is 639 g/mol. The van der Waals surface area contributed by atoms with E-state index in [4.69, 9.17) is 9.47 Å². The molecule has 6 rings (SSSR count). The number of sulfone groups is 1. The molecule has 0 heterocycles. The van der Waals surface area contributed by atoms with Crippen molar-refractivity contribution in [2.75, 3.05) is 0 Å². The fourth-order valence-corrected chi connectivity index (χ4v) is 6.13. The van der Waals surface area contributed by atoms with Crippen molar-refractivity contribution >= 4 is 21.4 Å². The van der Waals surface area contributed by atoms with Gasteiger partial charge in [0.15, 0.2) is 11.6 Å². The second kappa shape index (κ2) is 13.3. The van der Waals surface area contributed by atoms with Crippen LogP contribution in [0.1, 0.15) is 43.0 Å². The average Bonchev–Trinajstić information content (AvgIpc) is 3.09. The van der Waals surface area contributed by atoms with Crippen LogP contribution in [-0.2, 0) is 9.84 Å². The van der Waals surface area contributed by atoms with Crippen molar-refractivity contribution in [2.45, 2.75) is 23.6 Å². The van der Waals surface area contributed by atoms with Crippen molar-refractivity contribution in [3.8, 4) is 23.0 Å². The van der Waals surface area contributed by atoms with Crippen LogP contribution in [0.15, 0.2) is 155 Å². The maximum absolute atomic E-state index is 13.3. The zero-order chi connectivity index (χ0) is 33.0. The minimum Gasteiger partial charge on any atom is -0.457 e. The zero-order valence-electron chi connectivity index (χ0n) is 25.7. The fraction of sp³-hybridized carbons (Fsp3) is 0.0500. The summed E-state index contributed by atoms with van der Waals surface area (Å²) in [5, 5.41) is 0. The first-order valence-electron chi connectivity index (χ1n) is 14.9. The van der Waals surface area contributed by atoms with E-state index in [1.54, 1.807) is 97.1 Å². The molecule has 0 amide bonds. The van der Waals surface area contributed by atoms with Crippen LogP contribution < -0.4 is 9.47 Å². The van der Waals surface area contributed by atoms with Gasteiger partial charge >= 0.3 is 0 Å². The summed E-state index contributed by atoms with van der Waals surface area (Å²) in [5.74, 6) is 1.79. The van der Waals surface area contributed by atoms with E-state index in [-0.39, 0.29) is 21.4 Å². The lowest BCUT2D eigenvalue weighted by Crippen LogP contribution is -2.02. The molecule has 0 bridgehead atoms. The van der Waals surface area contributed by atoms with E-state index in [1.165, 1.54) is 24.3 Å². The summed E-state index contributed by atoms with van der Waals surface area (Å²) in [5.41, 5.74) is 4.48. The smallest absolute Gasteiger partial charge is 0.206 e. The summed E-state index contributed by atoms with van der Waals surface area (Å²) in [7, 11) is -3.79. The number of ether oxygens (including phenoxy) is 2. The molecule has 0 N–H and O–H groups in total. The van der Waals surface area contributed by atoms with Gasteiger partial charge in [-0.2, -0.15) is 0 Å².